The fourth-order valence-electron chi connectivity index (χ4n) is 5.49. The number of amides is 1. The predicted octanol–water partition coefficient (Wildman–Crippen LogP) is 6.34. The van der Waals surface area contributed by atoms with Crippen LogP contribution in [0.3, 0.4) is 0 Å². The lowest BCUT2D eigenvalue weighted by atomic mass is 9.95. The monoisotopic (exact) mass is 586 g/mol. The molecule has 6 rings (SSSR count). The molecule has 10 heteroatoms. The number of fused-ring (bicyclic) bond motifs is 3. The second-order valence-corrected chi connectivity index (χ2v) is 11.2. The van der Waals surface area contributed by atoms with Gasteiger partial charge in [-0.1, -0.05) is 23.7 Å². The van der Waals surface area contributed by atoms with Gasteiger partial charge in [0.25, 0.3) is 5.91 Å². The molecule has 2 aliphatic rings. The Hall–Kier alpha value is -4.21. The van der Waals surface area contributed by atoms with Crippen LogP contribution < -0.4 is 5.32 Å². The van der Waals surface area contributed by atoms with Crippen LogP contribution in [-0.4, -0.2) is 64.6 Å². The van der Waals surface area contributed by atoms with Crippen LogP contribution in [0.15, 0.2) is 71.9 Å². The summed E-state index contributed by atoms with van der Waals surface area (Å²) >= 11 is 6.32. The Kier molecular flexibility index (Phi) is 7.70. The number of carbonyl (C=O) groups excluding carboxylic acids is 1. The number of nitrogens with zero attached hydrogens (tertiary/aromatic N) is 5. The molecule has 4 aromatic rings. The zero-order valence-electron chi connectivity index (χ0n) is 23.2. The average Bonchev–Trinajstić information content (AvgIpc) is 3.14. The van der Waals surface area contributed by atoms with Crippen LogP contribution in [0.4, 0.5) is 20.4 Å². The Morgan fingerprint density at radius 1 is 1.05 bits per heavy atom. The van der Waals surface area contributed by atoms with Gasteiger partial charge in [0, 0.05) is 58.3 Å². The van der Waals surface area contributed by atoms with E-state index in [0.717, 1.165) is 25.9 Å². The Labute approximate surface area is 247 Å². The largest absolute Gasteiger partial charge is 0.337 e. The third-order valence-electron chi connectivity index (χ3n) is 7.77. The van der Waals surface area contributed by atoms with E-state index < -0.39 is 11.6 Å². The highest BCUT2D eigenvalue weighted by atomic mass is 35.5. The van der Waals surface area contributed by atoms with Crippen LogP contribution in [0, 0.1) is 11.6 Å². The number of rotatable bonds is 5. The number of halogens is 3. The van der Waals surface area contributed by atoms with Gasteiger partial charge in [-0.05, 0) is 75.5 Å². The Balaban J connectivity index is 1.27. The van der Waals surface area contributed by atoms with Gasteiger partial charge in [-0.3, -0.25) is 9.79 Å². The minimum Gasteiger partial charge on any atom is -0.337 e. The number of hydrogen-bond donors (Lipinski definition) is 1. The van der Waals surface area contributed by atoms with E-state index in [1.54, 1.807) is 36.5 Å². The van der Waals surface area contributed by atoms with Crippen LogP contribution in [0.2, 0.25) is 5.02 Å². The molecule has 1 atom stereocenters. The maximum atomic E-state index is 14.8. The summed E-state index contributed by atoms with van der Waals surface area (Å²) in [7, 11) is 4.10. The second kappa shape index (κ2) is 11.6. The van der Waals surface area contributed by atoms with Gasteiger partial charge in [0.2, 0.25) is 5.95 Å². The smallest absolute Gasteiger partial charge is 0.253 e. The highest BCUT2D eigenvalue weighted by Gasteiger charge is 2.27. The fourth-order valence-corrected chi connectivity index (χ4v) is 5.66. The zero-order chi connectivity index (χ0) is 29.4. The first-order valence-corrected chi connectivity index (χ1v) is 14.1. The summed E-state index contributed by atoms with van der Waals surface area (Å²) in [5.41, 5.74) is 3.70. The van der Waals surface area contributed by atoms with Crippen LogP contribution >= 0.6 is 11.6 Å². The van der Waals surface area contributed by atoms with Gasteiger partial charge in [0.15, 0.2) is 0 Å². The number of hydrogen-bond acceptors (Lipinski definition) is 6. The highest BCUT2D eigenvalue weighted by Crippen LogP contribution is 2.35. The summed E-state index contributed by atoms with van der Waals surface area (Å²) in [5.74, 6) is -1.07. The summed E-state index contributed by atoms with van der Waals surface area (Å²) in [6, 6.07) is 16.5. The number of piperidine rings is 1. The normalized spacial score (nSPS) is 16.4. The number of nitrogens with one attached hydrogen (secondary N) is 1. The second-order valence-electron chi connectivity index (χ2n) is 10.7. The van der Waals surface area contributed by atoms with E-state index in [2.05, 4.69) is 20.2 Å². The van der Waals surface area contributed by atoms with Gasteiger partial charge >= 0.3 is 0 Å². The molecule has 0 bridgehead atoms. The molecule has 7 nitrogen and oxygen atoms in total. The molecule has 1 amide bonds. The predicted molar refractivity (Wildman–Crippen MR) is 161 cm³/mol. The first kappa shape index (κ1) is 27.9. The van der Waals surface area contributed by atoms with Crippen molar-refractivity contribution < 1.29 is 13.6 Å². The molecule has 1 unspecified atom stereocenters. The molecule has 0 saturated carbocycles. The van der Waals surface area contributed by atoms with Crippen molar-refractivity contribution in [3.8, 4) is 11.3 Å². The topological polar surface area (TPSA) is 73.7 Å². The van der Waals surface area contributed by atoms with E-state index in [1.807, 2.05) is 31.1 Å². The Morgan fingerprint density at radius 2 is 1.81 bits per heavy atom. The van der Waals surface area contributed by atoms with E-state index in [4.69, 9.17) is 16.6 Å². The number of likely N-dealkylation sites (N-methyl/N-ethyl adjacent to an activating group) is 1. The maximum absolute atomic E-state index is 14.8. The lowest BCUT2D eigenvalue weighted by Crippen LogP contribution is -2.47. The van der Waals surface area contributed by atoms with E-state index in [-0.39, 0.29) is 23.7 Å². The molecule has 2 aliphatic heterocycles. The third-order valence-corrected chi connectivity index (χ3v) is 8.00. The highest BCUT2D eigenvalue weighted by molar-refractivity contribution is 6.31. The third kappa shape index (κ3) is 5.49. The number of anilines is 2. The number of likely N-dealkylation sites (tertiary alicyclic amines) is 1. The Morgan fingerprint density at radius 3 is 2.55 bits per heavy atom. The van der Waals surface area contributed by atoms with Crippen molar-refractivity contribution in [2.24, 2.45) is 4.99 Å². The molecule has 214 valence electrons. The molecule has 1 fully saturated rings. The first-order chi connectivity index (χ1) is 20.3. The van der Waals surface area contributed by atoms with Crippen molar-refractivity contribution in [2.45, 2.75) is 25.4 Å². The number of aromatic nitrogens is 2. The van der Waals surface area contributed by atoms with Gasteiger partial charge in [-0.15, -0.1) is 0 Å². The summed E-state index contributed by atoms with van der Waals surface area (Å²) in [4.78, 5) is 31.0. The SMILES string of the molecule is CN(C)C1CCCN(C(=O)c2ccc(Nc3ncc4c(n3)-c3ccc(Cl)cc3C(c3c(F)cccc3F)=NC4)cc2)C1. The standard InChI is InChI=1S/C32H29ClF2N6O/c1-40(2)23-5-4-14-41(18-23)31(42)19-8-11-22(12-9-19)38-32-37-17-20-16-36-30(28-26(34)6-3-7-27(28)35)25-15-21(33)10-13-24(25)29(20)39-32/h3,6-13,15,17,23H,4-5,14,16,18H2,1-2H3,(H,37,38,39). The van der Waals surface area contributed by atoms with Crippen LogP contribution in [-0.2, 0) is 6.54 Å². The number of benzene rings is 3. The van der Waals surface area contributed by atoms with E-state index in [9.17, 15) is 13.6 Å². The zero-order valence-corrected chi connectivity index (χ0v) is 24.0. The fraction of sp³-hybridized carbons (Fsp3) is 0.250. The minimum absolute atomic E-state index is 0.0201. The van der Waals surface area contributed by atoms with Crippen molar-refractivity contribution in [2.75, 3.05) is 32.5 Å². The maximum Gasteiger partial charge on any atom is 0.253 e. The van der Waals surface area contributed by atoms with Crippen molar-refractivity contribution in [3.05, 3.63) is 106 Å². The summed E-state index contributed by atoms with van der Waals surface area (Å²) < 4.78 is 29.6. The molecule has 3 aromatic carbocycles. The summed E-state index contributed by atoms with van der Waals surface area (Å²) in [6.45, 7) is 1.61. The average molecular weight is 587 g/mol. The quantitative estimate of drug-likeness (QED) is 0.296. The van der Waals surface area contributed by atoms with Crippen LogP contribution in [0.25, 0.3) is 11.3 Å². The lowest BCUT2D eigenvalue weighted by molar-refractivity contribution is 0.0635. The van der Waals surface area contributed by atoms with Crippen molar-refractivity contribution in [3.63, 3.8) is 0 Å². The summed E-state index contributed by atoms with van der Waals surface area (Å²) in [5, 5.41) is 3.62. The molecule has 42 heavy (non-hydrogen) atoms. The molecule has 3 heterocycles. The van der Waals surface area contributed by atoms with Crippen molar-refractivity contribution >= 4 is 34.9 Å². The molecule has 0 radical (unpaired) electrons. The summed E-state index contributed by atoms with van der Waals surface area (Å²) in [6.07, 6.45) is 3.73. The molecule has 1 aromatic heterocycles. The Bertz CT molecular complexity index is 1670. The minimum atomic E-state index is -0.709. The molecule has 0 aliphatic carbocycles. The molecule has 1 N–H and O–H groups in total. The van der Waals surface area contributed by atoms with Crippen molar-refractivity contribution in [1.29, 1.82) is 0 Å². The lowest BCUT2D eigenvalue weighted by Gasteiger charge is -2.36. The van der Waals surface area contributed by atoms with Crippen LogP contribution in [0.1, 0.15) is 39.9 Å². The van der Waals surface area contributed by atoms with E-state index in [1.165, 1.54) is 18.2 Å². The number of aliphatic imine (C=N–C) groups is 1. The molecular formula is C32H29ClF2N6O. The van der Waals surface area contributed by atoms with E-state index >= 15 is 0 Å². The first-order valence-electron chi connectivity index (χ1n) is 13.8. The number of carbonyl (C=O) groups is 1. The van der Waals surface area contributed by atoms with Crippen molar-refractivity contribution in [1.82, 2.24) is 19.8 Å². The van der Waals surface area contributed by atoms with Gasteiger partial charge < -0.3 is 15.1 Å². The molecule has 0 spiro atoms. The molecule has 1 saturated heterocycles. The van der Waals surface area contributed by atoms with Gasteiger partial charge in [0.1, 0.15) is 11.6 Å². The van der Waals surface area contributed by atoms with Gasteiger partial charge in [-0.2, -0.15) is 0 Å². The van der Waals surface area contributed by atoms with Crippen LogP contribution in [0.5, 0.6) is 0 Å². The van der Waals surface area contributed by atoms with Gasteiger partial charge in [-0.25, -0.2) is 18.7 Å². The molecular weight excluding hydrogens is 558 g/mol. The van der Waals surface area contributed by atoms with Gasteiger partial charge in [0.05, 0.1) is 23.5 Å². The van der Waals surface area contributed by atoms with E-state index in [0.29, 0.717) is 50.6 Å².